The highest BCUT2D eigenvalue weighted by molar-refractivity contribution is 5.89. The van der Waals surface area contributed by atoms with Gasteiger partial charge in [0.15, 0.2) is 0 Å². The zero-order chi connectivity index (χ0) is 11.9. The van der Waals surface area contributed by atoms with Gasteiger partial charge in [-0.25, -0.2) is 0 Å². The van der Waals surface area contributed by atoms with Gasteiger partial charge in [-0.05, 0) is 26.2 Å². The molecule has 1 aliphatic carbocycles. The Balaban J connectivity index is 1.93. The van der Waals surface area contributed by atoms with Gasteiger partial charge in [-0.2, -0.15) is 0 Å². The summed E-state index contributed by atoms with van der Waals surface area (Å²) in [4.78, 5) is 24.2. The monoisotopic (exact) mass is 227 g/mol. The normalized spacial score (nSPS) is 38.2. The Morgan fingerprint density at radius 1 is 1.38 bits per heavy atom. The predicted octanol–water partition coefficient (Wildman–Crippen LogP) is 0.0805. The molecule has 1 unspecified atom stereocenters. The van der Waals surface area contributed by atoms with E-state index in [9.17, 15) is 14.7 Å². The summed E-state index contributed by atoms with van der Waals surface area (Å²) < 4.78 is 0. The van der Waals surface area contributed by atoms with E-state index < -0.39 is 17.5 Å². The molecule has 0 aromatic rings. The maximum Gasteiger partial charge on any atom is 0.307 e. The predicted molar refractivity (Wildman–Crippen MR) is 55.7 cm³/mol. The molecule has 2 fully saturated rings. The molecule has 1 saturated carbocycles. The van der Waals surface area contributed by atoms with E-state index in [0.29, 0.717) is 25.9 Å². The molecule has 3 atom stereocenters. The molecule has 0 radical (unpaired) electrons. The standard InChI is InChI=1S/C11H17NO4/c1-11(16)3-2-4-12(6-11)9(13)7-5-8(7)10(14)15/h7-8,16H,2-6H2,1H3,(H,14,15)/t7-,8+,11?/m1/s1. The maximum atomic E-state index is 11.9. The Labute approximate surface area is 94.0 Å². The quantitative estimate of drug-likeness (QED) is 0.700. The van der Waals surface area contributed by atoms with Gasteiger partial charge in [0.05, 0.1) is 17.4 Å². The smallest absolute Gasteiger partial charge is 0.307 e. The third-order valence-electron chi connectivity index (χ3n) is 3.41. The zero-order valence-corrected chi connectivity index (χ0v) is 9.35. The van der Waals surface area contributed by atoms with Crippen molar-refractivity contribution in [2.45, 2.75) is 31.8 Å². The van der Waals surface area contributed by atoms with Gasteiger partial charge < -0.3 is 15.1 Å². The zero-order valence-electron chi connectivity index (χ0n) is 9.35. The lowest BCUT2D eigenvalue weighted by molar-refractivity contribution is -0.144. The summed E-state index contributed by atoms with van der Waals surface area (Å²) in [5.74, 6) is -1.85. The maximum absolute atomic E-state index is 11.9. The molecule has 0 aromatic heterocycles. The average Bonchev–Trinajstić information content (AvgIpc) is 2.94. The fourth-order valence-electron chi connectivity index (χ4n) is 2.38. The van der Waals surface area contributed by atoms with Crippen molar-refractivity contribution in [3.8, 4) is 0 Å². The molecule has 5 heteroatoms. The van der Waals surface area contributed by atoms with Crippen LogP contribution in [0.25, 0.3) is 0 Å². The number of hydrogen-bond acceptors (Lipinski definition) is 3. The number of hydrogen-bond donors (Lipinski definition) is 2. The van der Waals surface area contributed by atoms with Gasteiger partial charge in [0.1, 0.15) is 0 Å². The van der Waals surface area contributed by atoms with Crippen LogP contribution in [0.2, 0.25) is 0 Å². The molecule has 1 aliphatic heterocycles. The van der Waals surface area contributed by atoms with E-state index >= 15 is 0 Å². The van der Waals surface area contributed by atoms with E-state index in [2.05, 4.69) is 0 Å². The molecule has 16 heavy (non-hydrogen) atoms. The van der Waals surface area contributed by atoms with Crippen molar-refractivity contribution in [2.75, 3.05) is 13.1 Å². The number of piperidine rings is 1. The number of rotatable bonds is 2. The molecule has 0 aromatic carbocycles. The van der Waals surface area contributed by atoms with Crippen LogP contribution in [-0.4, -0.2) is 45.7 Å². The molecule has 2 N–H and O–H groups in total. The van der Waals surface area contributed by atoms with Crippen molar-refractivity contribution in [3.63, 3.8) is 0 Å². The Hall–Kier alpha value is -1.10. The second-order valence-electron chi connectivity index (χ2n) is 5.15. The van der Waals surface area contributed by atoms with E-state index in [-0.39, 0.29) is 11.8 Å². The van der Waals surface area contributed by atoms with E-state index in [0.717, 1.165) is 6.42 Å². The Kier molecular flexibility index (Phi) is 2.66. The van der Waals surface area contributed by atoms with Crippen LogP contribution in [0.4, 0.5) is 0 Å². The summed E-state index contributed by atoms with van der Waals surface area (Å²) in [6.45, 7) is 2.68. The number of carbonyl (C=O) groups excluding carboxylic acids is 1. The van der Waals surface area contributed by atoms with Gasteiger partial charge in [-0.1, -0.05) is 0 Å². The van der Waals surface area contributed by atoms with Crippen LogP contribution >= 0.6 is 0 Å². The highest BCUT2D eigenvalue weighted by Crippen LogP contribution is 2.40. The van der Waals surface area contributed by atoms with Crippen molar-refractivity contribution in [1.29, 1.82) is 0 Å². The molecule has 2 aliphatic rings. The first kappa shape index (κ1) is 11.4. The van der Waals surface area contributed by atoms with Gasteiger partial charge in [-0.15, -0.1) is 0 Å². The summed E-state index contributed by atoms with van der Waals surface area (Å²) >= 11 is 0. The number of carbonyl (C=O) groups is 2. The molecular formula is C11H17NO4. The highest BCUT2D eigenvalue weighted by Gasteiger charge is 2.50. The first-order valence-electron chi connectivity index (χ1n) is 5.65. The highest BCUT2D eigenvalue weighted by atomic mass is 16.4. The molecule has 0 spiro atoms. The summed E-state index contributed by atoms with van der Waals surface area (Å²) in [6.07, 6.45) is 1.93. The minimum absolute atomic E-state index is 0.104. The second kappa shape index (κ2) is 3.73. The third kappa shape index (κ3) is 2.19. The lowest BCUT2D eigenvalue weighted by Gasteiger charge is -2.37. The molecule has 1 saturated heterocycles. The summed E-state index contributed by atoms with van der Waals surface area (Å²) in [7, 11) is 0. The van der Waals surface area contributed by atoms with E-state index in [1.807, 2.05) is 0 Å². The summed E-state index contributed by atoms with van der Waals surface area (Å²) in [6, 6.07) is 0. The number of aliphatic carboxylic acids is 1. The molecule has 1 amide bonds. The number of aliphatic hydroxyl groups is 1. The van der Waals surface area contributed by atoms with Crippen LogP contribution < -0.4 is 0 Å². The van der Waals surface area contributed by atoms with E-state index in [4.69, 9.17) is 5.11 Å². The van der Waals surface area contributed by atoms with Crippen molar-refractivity contribution in [2.24, 2.45) is 11.8 Å². The fraction of sp³-hybridized carbons (Fsp3) is 0.818. The van der Waals surface area contributed by atoms with Gasteiger partial charge in [0.25, 0.3) is 0 Å². The Morgan fingerprint density at radius 3 is 2.56 bits per heavy atom. The van der Waals surface area contributed by atoms with Crippen molar-refractivity contribution in [3.05, 3.63) is 0 Å². The molecular weight excluding hydrogens is 210 g/mol. The van der Waals surface area contributed by atoms with Crippen molar-refractivity contribution >= 4 is 11.9 Å². The molecule has 90 valence electrons. The Morgan fingerprint density at radius 2 is 2.06 bits per heavy atom. The van der Waals surface area contributed by atoms with Crippen LogP contribution in [0.15, 0.2) is 0 Å². The van der Waals surface area contributed by atoms with Crippen molar-refractivity contribution in [1.82, 2.24) is 4.90 Å². The van der Waals surface area contributed by atoms with E-state index in [1.54, 1.807) is 11.8 Å². The molecule has 5 nitrogen and oxygen atoms in total. The van der Waals surface area contributed by atoms with Crippen LogP contribution in [0, 0.1) is 11.8 Å². The number of amides is 1. The van der Waals surface area contributed by atoms with Gasteiger partial charge in [-0.3, -0.25) is 9.59 Å². The lowest BCUT2D eigenvalue weighted by atomic mass is 9.95. The lowest BCUT2D eigenvalue weighted by Crippen LogP contribution is -2.49. The number of likely N-dealkylation sites (tertiary alicyclic amines) is 1. The Bertz CT molecular complexity index is 326. The minimum Gasteiger partial charge on any atom is -0.481 e. The van der Waals surface area contributed by atoms with Gasteiger partial charge >= 0.3 is 5.97 Å². The SMILES string of the molecule is CC1(O)CCCN(C(=O)[C@@H]2C[C@@H]2C(=O)O)C1. The van der Waals surface area contributed by atoms with Crippen LogP contribution in [0.5, 0.6) is 0 Å². The van der Waals surface area contributed by atoms with E-state index in [1.165, 1.54) is 0 Å². The third-order valence-corrected chi connectivity index (χ3v) is 3.41. The number of β-amino-alcohol motifs (C(OH)–C–C–N with tert-alkyl or cyclic N) is 1. The summed E-state index contributed by atoms with van der Waals surface area (Å²) in [5.41, 5.74) is -0.818. The largest absolute Gasteiger partial charge is 0.481 e. The first-order chi connectivity index (χ1) is 7.41. The topological polar surface area (TPSA) is 77.8 Å². The summed E-state index contributed by atoms with van der Waals surface area (Å²) in [5, 5.41) is 18.6. The van der Waals surface area contributed by atoms with Crippen LogP contribution in [0.3, 0.4) is 0 Å². The average molecular weight is 227 g/mol. The van der Waals surface area contributed by atoms with Crippen molar-refractivity contribution < 1.29 is 19.8 Å². The second-order valence-corrected chi connectivity index (χ2v) is 5.15. The van der Waals surface area contributed by atoms with Gasteiger partial charge in [0.2, 0.25) is 5.91 Å². The number of carboxylic acid groups (broad SMARTS) is 1. The molecule has 0 bridgehead atoms. The number of carboxylic acids is 1. The fourth-order valence-corrected chi connectivity index (χ4v) is 2.38. The van der Waals surface area contributed by atoms with Gasteiger partial charge in [0, 0.05) is 13.1 Å². The number of nitrogens with zero attached hydrogens (tertiary/aromatic N) is 1. The van der Waals surface area contributed by atoms with Crippen LogP contribution in [-0.2, 0) is 9.59 Å². The molecule has 2 rings (SSSR count). The molecule has 1 heterocycles. The van der Waals surface area contributed by atoms with Crippen LogP contribution in [0.1, 0.15) is 26.2 Å². The first-order valence-corrected chi connectivity index (χ1v) is 5.65. The minimum atomic E-state index is -0.887.